The van der Waals surface area contributed by atoms with Crippen LogP contribution in [0.25, 0.3) is 17.1 Å². The molecule has 6 nitrogen and oxygen atoms in total. The zero-order valence-electron chi connectivity index (χ0n) is 16.0. The van der Waals surface area contributed by atoms with E-state index >= 15 is 0 Å². The molecule has 7 heteroatoms. The van der Waals surface area contributed by atoms with E-state index in [1.807, 2.05) is 41.1 Å². The second-order valence-corrected chi connectivity index (χ2v) is 7.44. The third-order valence-electron chi connectivity index (χ3n) is 5.06. The lowest BCUT2D eigenvalue weighted by Crippen LogP contribution is -2.04. The van der Waals surface area contributed by atoms with E-state index in [0.717, 1.165) is 28.9 Å². The number of anilines is 2. The lowest BCUT2D eigenvalue weighted by molar-refractivity contribution is 0.278. The van der Waals surface area contributed by atoms with Gasteiger partial charge in [0.1, 0.15) is 23.3 Å². The molecule has 0 atom stereocenters. The second-order valence-electron chi connectivity index (χ2n) is 7.03. The van der Waals surface area contributed by atoms with E-state index in [9.17, 15) is 5.11 Å². The molecule has 0 spiro atoms. The van der Waals surface area contributed by atoms with E-state index < -0.39 is 0 Å². The van der Waals surface area contributed by atoms with Gasteiger partial charge in [-0.15, -0.1) is 0 Å². The van der Waals surface area contributed by atoms with Crippen molar-refractivity contribution < 1.29 is 9.84 Å². The number of nitrogens with one attached hydrogen (secondary N) is 1. The number of aliphatic hydroxyl groups excluding tert-OH is 1. The SMILES string of the molecule is OCCn1ccc2ncnc(Nc3ccc(Oc4ccc5c(c4)CC=C5)c(Cl)c3)c21. The van der Waals surface area contributed by atoms with Crippen molar-refractivity contribution in [1.82, 2.24) is 14.5 Å². The van der Waals surface area contributed by atoms with Crippen LogP contribution in [0, 0.1) is 0 Å². The fraction of sp³-hybridized carbons (Fsp3) is 0.130. The largest absolute Gasteiger partial charge is 0.456 e. The first-order valence-electron chi connectivity index (χ1n) is 9.66. The zero-order chi connectivity index (χ0) is 20.5. The normalized spacial score (nSPS) is 12.3. The van der Waals surface area contributed by atoms with Crippen LogP contribution in [0.4, 0.5) is 11.5 Å². The third-order valence-corrected chi connectivity index (χ3v) is 5.36. The maximum atomic E-state index is 9.30. The Bertz CT molecular complexity index is 1270. The molecule has 1 aliphatic carbocycles. The number of halogens is 1. The zero-order valence-corrected chi connectivity index (χ0v) is 16.8. The quantitative estimate of drug-likeness (QED) is 0.451. The van der Waals surface area contributed by atoms with Gasteiger partial charge < -0.3 is 19.7 Å². The summed E-state index contributed by atoms with van der Waals surface area (Å²) in [5.74, 6) is 2.00. The molecule has 2 heterocycles. The first-order chi connectivity index (χ1) is 14.7. The Kier molecular flexibility index (Phi) is 4.86. The smallest absolute Gasteiger partial charge is 0.158 e. The minimum atomic E-state index is 0.0364. The van der Waals surface area contributed by atoms with Gasteiger partial charge in [0.2, 0.25) is 0 Å². The van der Waals surface area contributed by atoms with E-state index in [1.54, 1.807) is 6.07 Å². The van der Waals surface area contributed by atoms with Crippen LogP contribution >= 0.6 is 11.6 Å². The van der Waals surface area contributed by atoms with Gasteiger partial charge in [0.05, 0.1) is 17.1 Å². The summed E-state index contributed by atoms with van der Waals surface area (Å²) < 4.78 is 7.92. The van der Waals surface area contributed by atoms with Crippen LogP contribution < -0.4 is 10.1 Å². The average molecular weight is 419 g/mol. The fourth-order valence-corrected chi connectivity index (χ4v) is 3.86. The lowest BCUT2D eigenvalue weighted by Gasteiger charge is -2.13. The lowest BCUT2D eigenvalue weighted by atomic mass is 10.1. The van der Waals surface area contributed by atoms with Crippen LogP contribution in [0.1, 0.15) is 11.1 Å². The Balaban J connectivity index is 1.39. The van der Waals surface area contributed by atoms with Gasteiger partial charge >= 0.3 is 0 Å². The summed E-state index contributed by atoms with van der Waals surface area (Å²) in [6, 6.07) is 13.5. The fourth-order valence-electron chi connectivity index (χ4n) is 3.64. The molecule has 0 aliphatic heterocycles. The molecule has 30 heavy (non-hydrogen) atoms. The molecule has 4 aromatic rings. The van der Waals surface area contributed by atoms with Crippen molar-refractivity contribution in [2.45, 2.75) is 13.0 Å². The number of nitrogens with zero attached hydrogens (tertiary/aromatic N) is 3. The molecular weight excluding hydrogens is 400 g/mol. The summed E-state index contributed by atoms with van der Waals surface area (Å²) in [4.78, 5) is 8.65. The molecule has 0 radical (unpaired) electrons. The molecule has 2 aromatic carbocycles. The van der Waals surface area contributed by atoms with Crippen LogP contribution in [-0.2, 0) is 13.0 Å². The second kappa shape index (κ2) is 7.82. The molecule has 150 valence electrons. The number of ether oxygens (including phenoxy) is 1. The molecule has 0 saturated carbocycles. The highest BCUT2D eigenvalue weighted by atomic mass is 35.5. The van der Waals surface area contributed by atoms with E-state index in [1.165, 1.54) is 17.5 Å². The molecule has 2 N–H and O–H groups in total. The number of rotatable bonds is 6. The van der Waals surface area contributed by atoms with E-state index in [4.69, 9.17) is 16.3 Å². The van der Waals surface area contributed by atoms with Gasteiger partial charge in [-0.2, -0.15) is 0 Å². The molecule has 1 aliphatic rings. The Morgan fingerprint density at radius 2 is 2.07 bits per heavy atom. The highest BCUT2D eigenvalue weighted by molar-refractivity contribution is 6.32. The van der Waals surface area contributed by atoms with Crippen LogP contribution in [0.2, 0.25) is 5.02 Å². The topological polar surface area (TPSA) is 72.2 Å². The number of hydrogen-bond donors (Lipinski definition) is 2. The molecule has 0 fully saturated rings. The molecule has 0 bridgehead atoms. The number of aromatic nitrogens is 3. The maximum Gasteiger partial charge on any atom is 0.158 e. The van der Waals surface area contributed by atoms with E-state index in [-0.39, 0.29) is 6.61 Å². The number of benzene rings is 2. The van der Waals surface area contributed by atoms with Gasteiger partial charge in [-0.05, 0) is 53.9 Å². The number of hydrogen-bond acceptors (Lipinski definition) is 5. The van der Waals surface area contributed by atoms with Crippen molar-refractivity contribution in [2.24, 2.45) is 0 Å². The summed E-state index contributed by atoms with van der Waals surface area (Å²) in [5, 5.41) is 13.1. The highest BCUT2D eigenvalue weighted by Crippen LogP contribution is 2.34. The predicted molar refractivity (Wildman–Crippen MR) is 119 cm³/mol. The van der Waals surface area contributed by atoms with Gasteiger partial charge in [0.25, 0.3) is 0 Å². The highest BCUT2D eigenvalue weighted by Gasteiger charge is 2.12. The summed E-state index contributed by atoms with van der Waals surface area (Å²) in [6.45, 7) is 0.504. The number of allylic oxidation sites excluding steroid dienone is 1. The van der Waals surface area contributed by atoms with Gasteiger partial charge in [0, 0.05) is 18.4 Å². The molecule has 2 aromatic heterocycles. The van der Waals surface area contributed by atoms with Crippen molar-refractivity contribution in [2.75, 3.05) is 11.9 Å². The van der Waals surface area contributed by atoms with Crippen LogP contribution in [0.3, 0.4) is 0 Å². The van der Waals surface area contributed by atoms with E-state index in [2.05, 4.69) is 33.5 Å². The average Bonchev–Trinajstić information content (AvgIpc) is 3.38. The first kappa shape index (κ1) is 18.7. The molecule has 5 rings (SSSR count). The Morgan fingerprint density at radius 1 is 1.13 bits per heavy atom. The van der Waals surface area contributed by atoms with Crippen molar-refractivity contribution in [1.29, 1.82) is 0 Å². The number of aliphatic hydroxyl groups is 1. The summed E-state index contributed by atoms with van der Waals surface area (Å²) >= 11 is 6.49. The van der Waals surface area contributed by atoms with Crippen molar-refractivity contribution in [3.8, 4) is 11.5 Å². The van der Waals surface area contributed by atoms with E-state index in [0.29, 0.717) is 23.1 Å². The van der Waals surface area contributed by atoms with Gasteiger partial charge in [0.15, 0.2) is 5.82 Å². The summed E-state index contributed by atoms with van der Waals surface area (Å²) in [5.41, 5.74) is 4.89. The Morgan fingerprint density at radius 3 is 2.93 bits per heavy atom. The number of fused-ring (bicyclic) bond motifs is 2. The monoisotopic (exact) mass is 418 g/mol. The molecule has 0 unspecified atom stereocenters. The standard InChI is InChI=1S/C23H19ClN4O2/c24-19-13-17(27-23-22-20(25-14-26-23)8-9-28(22)10-11-29)5-7-21(19)30-18-6-4-15-2-1-3-16(15)12-18/h1-2,4-9,12-14,29H,3,10-11H2,(H,25,26,27). The van der Waals surface area contributed by atoms with Gasteiger partial charge in [-0.3, -0.25) is 0 Å². The third kappa shape index (κ3) is 3.51. The minimum absolute atomic E-state index is 0.0364. The molecule has 0 amide bonds. The van der Waals surface area contributed by atoms with Gasteiger partial charge in [-0.25, -0.2) is 9.97 Å². The van der Waals surface area contributed by atoms with Crippen LogP contribution in [-0.4, -0.2) is 26.2 Å². The van der Waals surface area contributed by atoms with Crippen molar-refractivity contribution in [3.63, 3.8) is 0 Å². The van der Waals surface area contributed by atoms with Crippen molar-refractivity contribution in [3.05, 3.63) is 77.2 Å². The first-order valence-corrected chi connectivity index (χ1v) is 10.0. The molecular formula is C23H19ClN4O2. The predicted octanol–water partition coefficient (Wildman–Crippen LogP) is 5.18. The van der Waals surface area contributed by atoms with Gasteiger partial charge in [-0.1, -0.05) is 29.8 Å². The summed E-state index contributed by atoms with van der Waals surface area (Å²) in [6.07, 6.45) is 8.58. The van der Waals surface area contributed by atoms with Crippen LogP contribution in [0.15, 0.2) is 61.1 Å². The molecule has 0 saturated heterocycles. The van der Waals surface area contributed by atoms with Crippen molar-refractivity contribution >= 4 is 40.2 Å². The maximum absolute atomic E-state index is 9.30. The van der Waals surface area contributed by atoms with Crippen LogP contribution in [0.5, 0.6) is 11.5 Å². The minimum Gasteiger partial charge on any atom is -0.456 e. The Hall–Kier alpha value is -3.35. The Labute approximate surface area is 178 Å². The summed E-state index contributed by atoms with van der Waals surface area (Å²) in [7, 11) is 0.